The predicted octanol–water partition coefficient (Wildman–Crippen LogP) is 6.14. The summed E-state index contributed by atoms with van der Waals surface area (Å²) in [4.78, 5) is 12.3. The summed E-state index contributed by atoms with van der Waals surface area (Å²) in [6, 6.07) is 18.3. The lowest BCUT2D eigenvalue weighted by Crippen LogP contribution is -2.43. The molecule has 0 aliphatic heterocycles. The van der Waals surface area contributed by atoms with Crippen molar-refractivity contribution in [3.05, 3.63) is 65.7 Å². The minimum atomic E-state index is -0.245. The van der Waals surface area contributed by atoms with Crippen LogP contribution in [0, 0.1) is 0 Å². The zero-order valence-corrected chi connectivity index (χ0v) is 19.6. The van der Waals surface area contributed by atoms with E-state index < -0.39 is 0 Å². The van der Waals surface area contributed by atoms with Crippen LogP contribution in [0.2, 0.25) is 0 Å². The number of aryl methyl sites for hydroxylation is 1. The largest absolute Gasteiger partial charge is 0.457 e. The number of rotatable bonds is 15. The highest BCUT2D eigenvalue weighted by atomic mass is 16.7. The van der Waals surface area contributed by atoms with Crippen molar-refractivity contribution in [3.8, 4) is 5.75 Å². The van der Waals surface area contributed by atoms with Crippen LogP contribution in [0.25, 0.3) is 0 Å². The van der Waals surface area contributed by atoms with E-state index in [2.05, 4.69) is 25.1 Å². The average Bonchev–Trinajstić information content (AvgIpc) is 2.74. The van der Waals surface area contributed by atoms with Crippen LogP contribution in [-0.2, 0) is 22.5 Å². The van der Waals surface area contributed by atoms with Crippen LogP contribution >= 0.6 is 0 Å². The molecular formula is C27H40NO3+. The molecule has 4 nitrogen and oxygen atoms in total. The van der Waals surface area contributed by atoms with Gasteiger partial charge in [-0.3, -0.25) is 0 Å². The van der Waals surface area contributed by atoms with E-state index >= 15 is 0 Å². The molecule has 2 rings (SSSR count). The molecule has 0 amide bonds. The first kappa shape index (κ1) is 24.9. The highest BCUT2D eigenvalue weighted by Crippen LogP contribution is 2.21. The van der Waals surface area contributed by atoms with Crippen LogP contribution in [0.1, 0.15) is 63.0 Å². The molecule has 0 N–H and O–H groups in total. The Morgan fingerprint density at radius 3 is 2.23 bits per heavy atom. The molecule has 0 heterocycles. The van der Waals surface area contributed by atoms with Crippen molar-refractivity contribution < 1.29 is 18.8 Å². The maximum atomic E-state index is 12.3. The Morgan fingerprint density at radius 2 is 1.48 bits per heavy atom. The number of hydrogen-bond acceptors (Lipinski definition) is 3. The van der Waals surface area contributed by atoms with Gasteiger partial charge in [0.25, 0.3) is 0 Å². The average molecular weight is 427 g/mol. The number of hydrogen-bond donors (Lipinski definition) is 0. The number of quaternary nitrogens is 1. The van der Waals surface area contributed by atoms with E-state index in [9.17, 15) is 4.79 Å². The third kappa shape index (κ3) is 10.5. The highest BCUT2D eigenvalue weighted by Gasteiger charge is 2.22. The lowest BCUT2D eigenvalue weighted by Gasteiger charge is -2.28. The number of carbonyl (C=O) groups excluding carboxylic acids is 1. The standard InChI is InChI=1S/C27H40NO3/c1-4-5-6-7-8-9-13-18-25-19-14-15-20-26(25)30-23-31-27(29)22-28(2,3)21-24-16-11-10-12-17-24/h10-12,14-17,19-20H,4-9,13,18,21-23H2,1-3H3/q+1. The number of unbranched alkanes of at least 4 members (excludes halogenated alkanes) is 6. The SMILES string of the molecule is CCCCCCCCCc1ccccc1OCOC(=O)C[N+](C)(C)Cc1ccccc1. The van der Waals surface area contributed by atoms with Crippen LogP contribution in [0.15, 0.2) is 54.6 Å². The fraction of sp³-hybridized carbons (Fsp3) is 0.519. The first-order valence-electron chi connectivity index (χ1n) is 11.7. The maximum Gasteiger partial charge on any atom is 0.364 e. The van der Waals surface area contributed by atoms with Crippen molar-refractivity contribution in [1.82, 2.24) is 0 Å². The van der Waals surface area contributed by atoms with Gasteiger partial charge >= 0.3 is 5.97 Å². The second-order valence-corrected chi connectivity index (χ2v) is 9.00. The summed E-state index contributed by atoms with van der Waals surface area (Å²) < 4.78 is 11.7. The molecule has 0 aliphatic carbocycles. The Labute approximate surface area is 188 Å². The molecule has 2 aromatic carbocycles. The molecule has 0 atom stereocenters. The molecule has 31 heavy (non-hydrogen) atoms. The highest BCUT2D eigenvalue weighted by molar-refractivity contribution is 5.70. The Balaban J connectivity index is 1.70. The molecule has 0 bridgehead atoms. The molecule has 2 aromatic rings. The van der Waals surface area contributed by atoms with Crippen LogP contribution < -0.4 is 4.74 Å². The van der Waals surface area contributed by atoms with Gasteiger partial charge in [0.2, 0.25) is 6.79 Å². The molecule has 0 saturated carbocycles. The van der Waals surface area contributed by atoms with E-state index in [0.717, 1.165) is 25.1 Å². The molecule has 0 aromatic heterocycles. The van der Waals surface area contributed by atoms with E-state index in [1.54, 1.807) is 0 Å². The van der Waals surface area contributed by atoms with Crippen LogP contribution in [0.5, 0.6) is 5.75 Å². The minimum Gasteiger partial charge on any atom is -0.457 e. The van der Waals surface area contributed by atoms with Crippen molar-refractivity contribution in [2.75, 3.05) is 27.4 Å². The van der Waals surface area contributed by atoms with Crippen molar-refractivity contribution in [1.29, 1.82) is 0 Å². The number of nitrogens with zero attached hydrogens (tertiary/aromatic N) is 1. The topological polar surface area (TPSA) is 35.5 Å². The first-order chi connectivity index (χ1) is 15.0. The van der Waals surface area contributed by atoms with E-state index in [1.807, 2.05) is 50.5 Å². The van der Waals surface area contributed by atoms with Gasteiger partial charge in [0.05, 0.1) is 14.1 Å². The van der Waals surface area contributed by atoms with Gasteiger partial charge in [0.1, 0.15) is 12.3 Å². The summed E-state index contributed by atoms with van der Waals surface area (Å²) in [5, 5.41) is 0. The van der Waals surface area contributed by atoms with Crippen LogP contribution in [-0.4, -0.2) is 37.9 Å². The number of para-hydroxylation sites is 1. The summed E-state index contributed by atoms with van der Waals surface area (Å²) in [6.45, 7) is 3.28. The Bertz CT molecular complexity index is 758. The van der Waals surface area contributed by atoms with E-state index in [4.69, 9.17) is 9.47 Å². The van der Waals surface area contributed by atoms with Gasteiger partial charge in [-0.15, -0.1) is 0 Å². The van der Waals surface area contributed by atoms with Gasteiger partial charge in [-0.1, -0.05) is 94.0 Å². The number of benzene rings is 2. The number of esters is 1. The molecule has 0 fully saturated rings. The lowest BCUT2D eigenvalue weighted by atomic mass is 10.0. The third-order valence-corrected chi connectivity index (χ3v) is 5.47. The normalized spacial score (nSPS) is 11.3. The fourth-order valence-corrected chi connectivity index (χ4v) is 3.81. The first-order valence-corrected chi connectivity index (χ1v) is 11.7. The Kier molecular flexibility index (Phi) is 11.2. The van der Waals surface area contributed by atoms with Crippen molar-refractivity contribution in [3.63, 3.8) is 0 Å². The molecule has 0 saturated heterocycles. The van der Waals surface area contributed by atoms with Gasteiger partial charge in [0, 0.05) is 5.56 Å². The van der Waals surface area contributed by atoms with E-state index in [0.29, 0.717) is 11.0 Å². The number of ether oxygens (including phenoxy) is 2. The van der Waals surface area contributed by atoms with E-state index in [-0.39, 0.29) is 12.8 Å². The number of carbonyl (C=O) groups is 1. The van der Waals surface area contributed by atoms with Crippen LogP contribution in [0.4, 0.5) is 0 Å². The second kappa shape index (κ2) is 13.9. The monoisotopic (exact) mass is 426 g/mol. The van der Waals surface area contributed by atoms with Gasteiger partial charge in [-0.2, -0.15) is 0 Å². The summed E-state index contributed by atoms with van der Waals surface area (Å²) in [5.41, 5.74) is 2.39. The summed E-state index contributed by atoms with van der Waals surface area (Å²) in [7, 11) is 4.07. The zero-order chi connectivity index (χ0) is 22.4. The van der Waals surface area contributed by atoms with Gasteiger partial charge in [0.15, 0.2) is 6.54 Å². The zero-order valence-electron chi connectivity index (χ0n) is 19.6. The number of likely N-dealkylation sites (N-methyl/N-ethyl adjacent to an activating group) is 1. The van der Waals surface area contributed by atoms with Gasteiger partial charge in [-0.05, 0) is 24.5 Å². The van der Waals surface area contributed by atoms with Crippen molar-refractivity contribution in [2.24, 2.45) is 0 Å². The summed E-state index contributed by atoms with van der Waals surface area (Å²) in [5.74, 6) is 0.574. The van der Waals surface area contributed by atoms with E-state index in [1.165, 1.54) is 49.7 Å². The molecule has 0 aliphatic rings. The maximum absolute atomic E-state index is 12.3. The van der Waals surface area contributed by atoms with Crippen molar-refractivity contribution in [2.45, 2.75) is 64.8 Å². The molecule has 4 heteroatoms. The quantitative estimate of drug-likeness (QED) is 0.149. The molecule has 0 spiro atoms. The summed E-state index contributed by atoms with van der Waals surface area (Å²) in [6.07, 6.45) is 10.0. The third-order valence-electron chi connectivity index (χ3n) is 5.47. The second-order valence-electron chi connectivity index (χ2n) is 9.00. The van der Waals surface area contributed by atoms with Gasteiger partial charge < -0.3 is 14.0 Å². The predicted molar refractivity (Wildman–Crippen MR) is 127 cm³/mol. The van der Waals surface area contributed by atoms with Gasteiger partial charge in [-0.25, -0.2) is 4.79 Å². The Morgan fingerprint density at radius 1 is 0.839 bits per heavy atom. The Hall–Kier alpha value is -2.33. The van der Waals surface area contributed by atoms with Crippen molar-refractivity contribution >= 4 is 5.97 Å². The summed E-state index contributed by atoms with van der Waals surface area (Å²) >= 11 is 0. The van der Waals surface area contributed by atoms with Crippen LogP contribution in [0.3, 0.4) is 0 Å². The molecule has 0 unspecified atom stereocenters. The fourth-order valence-electron chi connectivity index (χ4n) is 3.81. The molecule has 170 valence electrons. The molecular weight excluding hydrogens is 386 g/mol. The smallest absolute Gasteiger partial charge is 0.364 e. The lowest BCUT2D eigenvalue weighted by molar-refractivity contribution is -0.896. The molecule has 0 radical (unpaired) electrons. The minimum absolute atomic E-state index is 0.0435.